The molecular formula is C17H21Cl2N3O3. The summed E-state index contributed by atoms with van der Waals surface area (Å²) in [7, 11) is 0. The Labute approximate surface area is 156 Å². The van der Waals surface area contributed by atoms with Crippen molar-refractivity contribution < 1.29 is 14.4 Å². The van der Waals surface area contributed by atoms with Crippen molar-refractivity contribution in [2.24, 2.45) is 0 Å². The van der Waals surface area contributed by atoms with Gasteiger partial charge in [0.1, 0.15) is 12.1 Å². The Morgan fingerprint density at radius 1 is 1.12 bits per heavy atom. The lowest BCUT2D eigenvalue weighted by Crippen LogP contribution is -2.47. The maximum absolute atomic E-state index is 12.7. The Morgan fingerprint density at radius 2 is 1.68 bits per heavy atom. The number of rotatable bonds is 7. The molecule has 1 aliphatic rings. The van der Waals surface area contributed by atoms with E-state index in [-0.39, 0.29) is 12.5 Å². The van der Waals surface area contributed by atoms with Gasteiger partial charge in [0.25, 0.3) is 5.91 Å². The summed E-state index contributed by atoms with van der Waals surface area (Å²) in [5.74, 6) is -0.842. The van der Waals surface area contributed by atoms with Gasteiger partial charge in [0.2, 0.25) is 5.91 Å². The second-order valence-corrected chi connectivity index (χ2v) is 6.98. The monoisotopic (exact) mass is 385 g/mol. The Kier molecular flexibility index (Phi) is 6.30. The molecule has 0 atom stereocenters. The van der Waals surface area contributed by atoms with Crippen LogP contribution >= 0.6 is 23.2 Å². The van der Waals surface area contributed by atoms with E-state index >= 15 is 0 Å². The van der Waals surface area contributed by atoms with E-state index in [1.807, 2.05) is 13.8 Å². The molecular weight excluding hydrogens is 365 g/mol. The maximum atomic E-state index is 12.7. The summed E-state index contributed by atoms with van der Waals surface area (Å²) in [4.78, 5) is 38.2. The zero-order valence-electron chi connectivity index (χ0n) is 14.2. The van der Waals surface area contributed by atoms with Crippen LogP contribution in [0.4, 0.5) is 10.5 Å². The van der Waals surface area contributed by atoms with Crippen LogP contribution in [0.5, 0.6) is 0 Å². The zero-order valence-corrected chi connectivity index (χ0v) is 15.7. The van der Waals surface area contributed by atoms with Crippen LogP contribution < -0.4 is 10.6 Å². The summed E-state index contributed by atoms with van der Waals surface area (Å²) in [5.41, 5.74) is -0.497. The molecule has 136 valence electrons. The number of hydrogen-bond acceptors (Lipinski definition) is 3. The zero-order chi connectivity index (χ0) is 18.6. The van der Waals surface area contributed by atoms with E-state index in [1.54, 1.807) is 6.07 Å². The predicted octanol–water partition coefficient (Wildman–Crippen LogP) is 3.82. The molecule has 0 aliphatic carbocycles. The van der Waals surface area contributed by atoms with E-state index in [9.17, 15) is 14.4 Å². The molecule has 1 fully saturated rings. The number of carbonyl (C=O) groups excluding carboxylic acids is 3. The number of urea groups is 1. The Morgan fingerprint density at radius 3 is 2.20 bits per heavy atom. The molecule has 0 saturated carbocycles. The standard InChI is InChI=1S/C17H21Cl2N3O3/c1-3-5-17(6-4-2)15(24)22(16(25)21-17)10-14(23)20-13-8-11(18)7-12(19)9-13/h7-9H,3-6,10H2,1-2H3,(H,20,23)(H,21,25). The summed E-state index contributed by atoms with van der Waals surface area (Å²) in [5, 5.41) is 6.13. The first-order chi connectivity index (χ1) is 11.8. The van der Waals surface area contributed by atoms with Crippen molar-refractivity contribution in [2.45, 2.75) is 45.1 Å². The third-order valence-electron chi connectivity index (χ3n) is 4.05. The lowest BCUT2D eigenvalue weighted by atomic mass is 9.88. The van der Waals surface area contributed by atoms with Crippen molar-refractivity contribution in [1.29, 1.82) is 0 Å². The smallest absolute Gasteiger partial charge is 0.324 e. The maximum Gasteiger partial charge on any atom is 0.325 e. The van der Waals surface area contributed by atoms with E-state index in [1.165, 1.54) is 12.1 Å². The molecule has 0 radical (unpaired) electrons. The minimum atomic E-state index is -0.903. The van der Waals surface area contributed by atoms with Crippen LogP contribution in [0.3, 0.4) is 0 Å². The van der Waals surface area contributed by atoms with Crippen molar-refractivity contribution in [2.75, 3.05) is 11.9 Å². The summed E-state index contributed by atoms with van der Waals surface area (Å²) < 4.78 is 0. The summed E-state index contributed by atoms with van der Waals surface area (Å²) >= 11 is 11.8. The summed E-state index contributed by atoms with van der Waals surface area (Å²) in [6.45, 7) is 3.55. The fourth-order valence-corrected chi connectivity index (χ4v) is 3.63. The van der Waals surface area contributed by atoms with E-state index in [0.29, 0.717) is 28.6 Å². The van der Waals surface area contributed by atoms with Crippen LogP contribution in [0, 0.1) is 0 Å². The Balaban J connectivity index is 2.09. The largest absolute Gasteiger partial charge is 0.325 e. The van der Waals surface area contributed by atoms with Crippen LogP contribution in [0.15, 0.2) is 18.2 Å². The van der Waals surface area contributed by atoms with Crippen LogP contribution in [0.1, 0.15) is 39.5 Å². The summed E-state index contributed by atoms with van der Waals surface area (Å²) in [6.07, 6.45) is 2.61. The van der Waals surface area contributed by atoms with Gasteiger partial charge in [-0.25, -0.2) is 4.79 Å². The number of carbonyl (C=O) groups is 3. The fraction of sp³-hybridized carbons (Fsp3) is 0.471. The molecule has 0 aromatic heterocycles. The minimum Gasteiger partial charge on any atom is -0.324 e. The molecule has 1 saturated heterocycles. The third-order valence-corrected chi connectivity index (χ3v) is 4.48. The van der Waals surface area contributed by atoms with Gasteiger partial charge in [-0.15, -0.1) is 0 Å². The van der Waals surface area contributed by atoms with Crippen LogP contribution in [0.2, 0.25) is 10.0 Å². The lowest BCUT2D eigenvalue weighted by molar-refractivity contribution is -0.134. The van der Waals surface area contributed by atoms with Crippen molar-refractivity contribution >= 4 is 46.7 Å². The highest BCUT2D eigenvalue weighted by Crippen LogP contribution is 2.28. The van der Waals surface area contributed by atoms with Crippen molar-refractivity contribution in [1.82, 2.24) is 10.2 Å². The molecule has 1 aliphatic heterocycles. The first kappa shape index (κ1) is 19.5. The van der Waals surface area contributed by atoms with Gasteiger partial charge in [-0.2, -0.15) is 0 Å². The average molecular weight is 386 g/mol. The number of nitrogens with zero attached hydrogens (tertiary/aromatic N) is 1. The molecule has 1 aromatic carbocycles. The van der Waals surface area contributed by atoms with E-state index in [2.05, 4.69) is 10.6 Å². The van der Waals surface area contributed by atoms with Crippen LogP contribution in [0.25, 0.3) is 0 Å². The molecule has 8 heteroatoms. The highest BCUT2D eigenvalue weighted by Gasteiger charge is 2.50. The number of amides is 4. The SMILES string of the molecule is CCCC1(CCC)NC(=O)N(CC(=O)Nc2cc(Cl)cc(Cl)c2)C1=O. The molecule has 6 nitrogen and oxygen atoms in total. The van der Waals surface area contributed by atoms with Gasteiger partial charge in [-0.3, -0.25) is 14.5 Å². The molecule has 0 spiro atoms. The van der Waals surface area contributed by atoms with Gasteiger partial charge >= 0.3 is 6.03 Å². The topological polar surface area (TPSA) is 78.5 Å². The van der Waals surface area contributed by atoms with Crippen LogP contribution in [-0.2, 0) is 9.59 Å². The average Bonchev–Trinajstić information content (AvgIpc) is 2.71. The highest BCUT2D eigenvalue weighted by atomic mass is 35.5. The predicted molar refractivity (Wildman–Crippen MR) is 97.9 cm³/mol. The normalized spacial score (nSPS) is 16.1. The molecule has 25 heavy (non-hydrogen) atoms. The number of halogens is 2. The lowest BCUT2D eigenvalue weighted by Gasteiger charge is -2.25. The van der Waals surface area contributed by atoms with Crippen molar-refractivity contribution in [3.8, 4) is 0 Å². The first-order valence-corrected chi connectivity index (χ1v) is 8.97. The minimum absolute atomic E-state index is 0.347. The van der Waals surface area contributed by atoms with Crippen molar-refractivity contribution in [3.05, 3.63) is 28.2 Å². The molecule has 0 bridgehead atoms. The first-order valence-electron chi connectivity index (χ1n) is 8.21. The van der Waals surface area contributed by atoms with E-state index in [4.69, 9.17) is 23.2 Å². The van der Waals surface area contributed by atoms with Gasteiger partial charge in [0.05, 0.1) is 0 Å². The number of hydrogen-bond donors (Lipinski definition) is 2. The quantitative estimate of drug-likeness (QED) is 0.700. The molecule has 4 amide bonds. The highest BCUT2D eigenvalue weighted by molar-refractivity contribution is 6.35. The number of anilines is 1. The van der Waals surface area contributed by atoms with E-state index < -0.39 is 17.5 Å². The Bertz CT molecular complexity index is 667. The molecule has 2 rings (SSSR count). The van der Waals surface area contributed by atoms with Gasteiger partial charge < -0.3 is 10.6 Å². The molecule has 1 aromatic rings. The van der Waals surface area contributed by atoms with Crippen LogP contribution in [-0.4, -0.2) is 34.8 Å². The van der Waals surface area contributed by atoms with Crippen molar-refractivity contribution in [3.63, 3.8) is 0 Å². The summed E-state index contributed by atoms with van der Waals surface area (Å²) in [6, 6.07) is 4.08. The van der Waals surface area contributed by atoms with E-state index in [0.717, 1.165) is 17.7 Å². The Hall–Kier alpha value is -1.79. The number of benzene rings is 1. The fourth-order valence-electron chi connectivity index (χ4n) is 3.11. The van der Waals surface area contributed by atoms with Gasteiger partial charge in [-0.05, 0) is 31.0 Å². The molecule has 0 unspecified atom stereocenters. The van der Waals surface area contributed by atoms with Gasteiger partial charge in [0, 0.05) is 15.7 Å². The third kappa shape index (κ3) is 4.44. The van der Waals surface area contributed by atoms with Gasteiger partial charge in [0.15, 0.2) is 0 Å². The second kappa shape index (κ2) is 8.06. The number of nitrogens with one attached hydrogen (secondary N) is 2. The van der Waals surface area contributed by atoms with Gasteiger partial charge in [-0.1, -0.05) is 49.9 Å². The molecule has 1 heterocycles. The second-order valence-electron chi connectivity index (χ2n) is 6.11. The number of imide groups is 1. The molecule has 2 N–H and O–H groups in total.